The van der Waals surface area contributed by atoms with Crippen molar-refractivity contribution >= 4 is 23.1 Å². The zero-order chi connectivity index (χ0) is 17.0. The molecule has 2 aromatic rings. The molecule has 0 bridgehead atoms. The number of nitrogens with zero attached hydrogens (tertiary/aromatic N) is 3. The Bertz CT molecular complexity index is 654. The second-order valence-electron chi connectivity index (χ2n) is 7.36. The first kappa shape index (κ1) is 16.6. The van der Waals surface area contributed by atoms with Crippen LogP contribution < -0.4 is 15.5 Å². The first-order valence-electron chi connectivity index (χ1n) is 8.73. The van der Waals surface area contributed by atoms with E-state index in [2.05, 4.69) is 70.5 Å². The molecule has 1 aromatic heterocycles. The second-order valence-corrected chi connectivity index (χ2v) is 7.36. The fourth-order valence-electron chi connectivity index (χ4n) is 2.88. The molecule has 5 nitrogen and oxygen atoms in total. The molecule has 1 saturated heterocycles. The van der Waals surface area contributed by atoms with Crippen molar-refractivity contribution in [1.82, 2.24) is 9.97 Å². The van der Waals surface area contributed by atoms with Crippen LogP contribution in [0.15, 0.2) is 36.5 Å². The van der Waals surface area contributed by atoms with E-state index in [1.807, 2.05) is 6.07 Å². The van der Waals surface area contributed by atoms with E-state index in [0.29, 0.717) is 5.95 Å². The quantitative estimate of drug-likeness (QED) is 0.871. The SMILES string of the molecule is CC(C)(C)Nc1nccc(Nc2ccc(N3CCCCC3)cc2)n1. The van der Waals surface area contributed by atoms with Gasteiger partial charge in [0.1, 0.15) is 5.82 Å². The van der Waals surface area contributed by atoms with Gasteiger partial charge in [0.05, 0.1) is 0 Å². The van der Waals surface area contributed by atoms with Crippen molar-refractivity contribution in [2.24, 2.45) is 0 Å². The lowest BCUT2D eigenvalue weighted by Gasteiger charge is -2.28. The third-order valence-corrected chi connectivity index (χ3v) is 4.00. The fourth-order valence-corrected chi connectivity index (χ4v) is 2.88. The molecular weight excluding hydrogens is 298 g/mol. The molecule has 128 valence electrons. The minimum atomic E-state index is -0.0608. The Morgan fingerprint density at radius 3 is 2.33 bits per heavy atom. The molecule has 0 radical (unpaired) electrons. The van der Waals surface area contributed by atoms with Crippen molar-refractivity contribution in [2.75, 3.05) is 28.6 Å². The van der Waals surface area contributed by atoms with Crippen molar-refractivity contribution in [1.29, 1.82) is 0 Å². The van der Waals surface area contributed by atoms with Gasteiger partial charge in [-0.05, 0) is 70.4 Å². The van der Waals surface area contributed by atoms with Crippen LogP contribution in [0, 0.1) is 0 Å². The fraction of sp³-hybridized carbons (Fsp3) is 0.474. The summed E-state index contributed by atoms with van der Waals surface area (Å²) in [6.45, 7) is 8.61. The van der Waals surface area contributed by atoms with E-state index in [9.17, 15) is 0 Å². The first-order chi connectivity index (χ1) is 11.5. The van der Waals surface area contributed by atoms with Gasteiger partial charge in [-0.15, -0.1) is 0 Å². The minimum Gasteiger partial charge on any atom is -0.372 e. The molecular formula is C19H27N5. The van der Waals surface area contributed by atoms with Gasteiger partial charge in [-0.2, -0.15) is 4.98 Å². The third-order valence-electron chi connectivity index (χ3n) is 4.00. The Kier molecular flexibility index (Phi) is 4.88. The van der Waals surface area contributed by atoms with Gasteiger partial charge in [0.25, 0.3) is 0 Å². The maximum absolute atomic E-state index is 4.52. The Balaban J connectivity index is 1.66. The number of aromatic nitrogens is 2. The molecule has 1 fully saturated rings. The molecule has 0 aliphatic carbocycles. The largest absolute Gasteiger partial charge is 0.372 e. The molecule has 0 amide bonds. The number of nitrogens with one attached hydrogen (secondary N) is 2. The van der Waals surface area contributed by atoms with Gasteiger partial charge in [-0.3, -0.25) is 0 Å². The van der Waals surface area contributed by atoms with E-state index >= 15 is 0 Å². The molecule has 0 saturated carbocycles. The number of piperidine rings is 1. The number of rotatable bonds is 4. The van der Waals surface area contributed by atoms with E-state index in [1.165, 1.54) is 38.0 Å². The summed E-state index contributed by atoms with van der Waals surface area (Å²) in [5.74, 6) is 1.43. The average molecular weight is 325 g/mol. The molecule has 0 atom stereocenters. The molecule has 2 heterocycles. The number of hydrogen-bond acceptors (Lipinski definition) is 5. The van der Waals surface area contributed by atoms with Crippen LogP contribution in [0.5, 0.6) is 0 Å². The Labute approximate surface area is 144 Å². The lowest BCUT2D eigenvalue weighted by Crippen LogP contribution is -2.29. The van der Waals surface area contributed by atoms with Crippen LogP contribution in [-0.2, 0) is 0 Å². The van der Waals surface area contributed by atoms with Gasteiger partial charge in [-0.25, -0.2) is 4.98 Å². The molecule has 0 unspecified atom stereocenters. The zero-order valence-corrected chi connectivity index (χ0v) is 14.8. The monoisotopic (exact) mass is 325 g/mol. The summed E-state index contributed by atoms with van der Waals surface area (Å²) in [4.78, 5) is 11.3. The van der Waals surface area contributed by atoms with Crippen LogP contribution in [-0.4, -0.2) is 28.6 Å². The van der Waals surface area contributed by atoms with E-state index in [1.54, 1.807) is 6.20 Å². The predicted octanol–water partition coefficient (Wildman–Crippen LogP) is 4.42. The highest BCUT2D eigenvalue weighted by molar-refractivity contribution is 5.61. The first-order valence-corrected chi connectivity index (χ1v) is 8.73. The van der Waals surface area contributed by atoms with Crippen molar-refractivity contribution in [3.05, 3.63) is 36.5 Å². The van der Waals surface area contributed by atoms with Gasteiger partial charge in [0.2, 0.25) is 5.95 Å². The molecule has 2 N–H and O–H groups in total. The van der Waals surface area contributed by atoms with Gasteiger partial charge in [0, 0.05) is 36.2 Å². The van der Waals surface area contributed by atoms with E-state index in [-0.39, 0.29) is 5.54 Å². The van der Waals surface area contributed by atoms with Gasteiger partial charge < -0.3 is 15.5 Å². The number of benzene rings is 1. The highest BCUT2D eigenvalue weighted by Crippen LogP contribution is 2.23. The number of anilines is 4. The highest BCUT2D eigenvalue weighted by Gasteiger charge is 2.12. The van der Waals surface area contributed by atoms with Gasteiger partial charge in [0.15, 0.2) is 0 Å². The van der Waals surface area contributed by atoms with Crippen molar-refractivity contribution in [2.45, 2.75) is 45.6 Å². The molecule has 3 rings (SSSR count). The van der Waals surface area contributed by atoms with Crippen molar-refractivity contribution in [3.8, 4) is 0 Å². The van der Waals surface area contributed by atoms with Gasteiger partial charge >= 0.3 is 0 Å². The molecule has 24 heavy (non-hydrogen) atoms. The normalized spacial score (nSPS) is 15.2. The topological polar surface area (TPSA) is 53.1 Å². The van der Waals surface area contributed by atoms with Crippen LogP contribution in [0.3, 0.4) is 0 Å². The summed E-state index contributed by atoms with van der Waals surface area (Å²) < 4.78 is 0. The van der Waals surface area contributed by atoms with Gasteiger partial charge in [-0.1, -0.05) is 0 Å². The zero-order valence-electron chi connectivity index (χ0n) is 14.8. The highest BCUT2D eigenvalue weighted by atomic mass is 15.2. The maximum Gasteiger partial charge on any atom is 0.225 e. The van der Waals surface area contributed by atoms with Crippen LogP contribution in [0.4, 0.5) is 23.1 Å². The standard InChI is InChI=1S/C19H27N5/c1-19(2,3)23-18-20-12-11-17(22-18)21-15-7-9-16(10-8-15)24-13-5-4-6-14-24/h7-12H,4-6,13-14H2,1-3H3,(H2,20,21,22,23). The average Bonchev–Trinajstić information content (AvgIpc) is 2.55. The Hall–Kier alpha value is -2.30. The summed E-state index contributed by atoms with van der Waals surface area (Å²) in [5.41, 5.74) is 2.28. The molecule has 5 heteroatoms. The van der Waals surface area contributed by atoms with E-state index in [4.69, 9.17) is 0 Å². The van der Waals surface area contributed by atoms with Crippen LogP contribution in [0.1, 0.15) is 40.0 Å². The maximum atomic E-state index is 4.52. The lowest BCUT2D eigenvalue weighted by molar-refractivity contribution is 0.578. The molecule has 0 spiro atoms. The predicted molar refractivity (Wildman–Crippen MR) is 101 cm³/mol. The summed E-state index contributed by atoms with van der Waals surface area (Å²) >= 11 is 0. The summed E-state index contributed by atoms with van der Waals surface area (Å²) in [6, 6.07) is 10.5. The second kappa shape index (κ2) is 7.07. The smallest absolute Gasteiger partial charge is 0.225 e. The Morgan fingerprint density at radius 2 is 1.67 bits per heavy atom. The van der Waals surface area contributed by atoms with Crippen LogP contribution >= 0.6 is 0 Å². The lowest BCUT2D eigenvalue weighted by atomic mass is 10.1. The Morgan fingerprint density at radius 1 is 0.958 bits per heavy atom. The van der Waals surface area contributed by atoms with Crippen molar-refractivity contribution in [3.63, 3.8) is 0 Å². The summed E-state index contributed by atoms with van der Waals surface area (Å²) in [5, 5.41) is 6.64. The van der Waals surface area contributed by atoms with Crippen LogP contribution in [0.25, 0.3) is 0 Å². The summed E-state index contributed by atoms with van der Waals surface area (Å²) in [7, 11) is 0. The van der Waals surface area contributed by atoms with E-state index in [0.717, 1.165) is 11.5 Å². The molecule has 1 aliphatic heterocycles. The summed E-state index contributed by atoms with van der Waals surface area (Å²) in [6.07, 6.45) is 5.72. The number of hydrogen-bond donors (Lipinski definition) is 2. The van der Waals surface area contributed by atoms with Crippen LogP contribution in [0.2, 0.25) is 0 Å². The van der Waals surface area contributed by atoms with E-state index < -0.39 is 0 Å². The molecule has 1 aromatic carbocycles. The minimum absolute atomic E-state index is 0.0608. The third kappa shape index (κ3) is 4.60. The molecule has 1 aliphatic rings. The van der Waals surface area contributed by atoms with Crippen molar-refractivity contribution < 1.29 is 0 Å².